The number of carboxylic acid groups (broad SMARTS) is 1. The van der Waals surface area contributed by atoms with Crippen LogP contribution in [0.4, 0.5) is 5.69 Å². The maximum absolute atomic E-state index is 12.0. The van der Waals surface area contributed by atoms with Gasteiger partial charge < -0.3 is 25.6 Å². The summed E-state index contributed by atoms with van der Waals surface area (Å²) in [6, 6.07) is 5.06. The SMILES string of the molecule is Cc1cc(NC(=O)c2ccc(O)c(O)c2)c(C(=O)O)[nH]1. The molecule has 1 heterocycles. The van der Waals surface area contributed by atoms with E-state index in [1.54, 1.807) is 6.92 Å². The van der Waals surface area contributed by atoms with Gasteiger partial charge in [0.05, 0.1) is 5.69 Å². The van der Waals surface area contributed by atoms with Crippen molar-refractivity contribution in [1.29, 1.82) is 0 Å². The first-order valence-electron chi connectivity index (χ1n) is 5.64. The number of H-pyrrole nitrogens is 1. The molecule has 0 radical (unpaired) electrons. The summed E-state index contributed by atoms with van der Waals surface area (Å²) in [5.74, 6) is -2.56. The largest absolute Gasteiger partial charge is 0.504 e. The maximum Gasteiger partial charge on any atom is 0.354 e. The number of aromatic nitrogens is 1. The Morgan fingerprint density at radius 1 is 1.15 bits per heavy atom. The second kappa shape index (κ2) is 4.96. The third-order valence-electron chi connectivity index (χ3n) is 2.65. The van der Waals surface area contributed by atoms with Crippen molar-refractivity contribution in [3.63, 3.8) is 0 Å². The van der Waals surface area contributed by atoms with Gasteiger partial charge in [-0.25, -0.2) is 4.79 Å². The fraction of sp³-hybridized carbons (Fsp3) is 0.0769. The fourth-order valence-electron chi connectivity index (χ4n) is 1.72. The quantitative estimate of drug-likeness (QED) is 0.546. The van der Waals surface area contributed by atoms with Crippen molar-refractivity contribution in [2.45, 2.75) is 6.92 Å². The van der Waals surface area contributed by atoms with Crippen LogP contribution in [0.5, 0.6) is 11.5 Å². The van der Waals surface area contributed by atoms with E-state index in [0.717, 1.165) is 6.07 Å². The van der Waals surface area contributed by atoms with Crippen molar-refractivity contribution < 1.29 is 24.9 Å². The predicted molar refractivity (Wildman–Crippen MR) is 70.2 cm³/mol. The number of aromatic amines is 1. The Kier molecular flexibility index (Phi) is 3.34. The number of hydrogen-bond donors (Lipinski definition) is 5. The van der Waals surface area contributed by atoms with E-state index >= 15 is 0 Å². The van der Waals surface area contributed by atoms with E-state index in [2.05, 4.69) is 10.3 Å². The van der Waals surface area contributed by atoms with Crippen LogP contribution in [0, 0.1) is 6.92 Å². The van der Waals surface area contributed by atoms with Crippen LogP contribution >= 0.6 is 0 Å². The first-order valence-corrected chi connectivity index (χ1v) is 5.64. The summed E-state index contributed by atoms with van der Waals surface area (Å²) in [5, 5.41) is 29.9. The molecule has 1 amide bonds. The van der Waals surface area contributed by atoms with Crippen LogP contribution in [0.1, 0.15) is 26.5 Å². The number of aromatic carboxylic acids is 1. The molecule has 0 aliphatic carbocycles. The lowest BCUT2D eigenvalue weighted by Gasteiger charge is -2.05. The van der Waals surface area contributed by atoms with Crippen molar-refractivity contribution in [2.24, 2.45) is 0 Å². The molecule has 5 N–H and O–H groups in total. The number of carbonyl (C=O) groups is 2. The molecular weight excluding hydrogens is 264 g/mol. The molecule has 0 bridgehead atoms. The Balaban J connectivity index is 2.27. The standard InChI is InChI=1S/C13H12N2O5/c1-6-4-8(11(14-6)13(19)20)15-12(18)7-2-3-9(16)10(17)5-7/h2-5,14,16-17H,1H3,(H,15,18)(H,19,20). The van der Waals surface area contributed by atoms with Crippen LogP contribution in [-0.4, -0.2) is 32.2 Å². The Labute approximate surface area is 113 Å². The molecule has 0 saturated heterocycles. The van der Waals surface area contributed by atoms with Crippen molar-refractivity contribution in [3.8, 4) is 11.5 Å². The molecule has 104 valence electrons. The molecule has 2 rings (SSSR count). The van der Waals surface area contributed by atoms with Crippen LogP contribution in [-0.2, 0) is 0 Å². The van der Waals surface area contributed by atoms with Crippen molar-refractivity contribution in [3.05, 3.63) is 41.2 Å². The molecule has 1 aromatic carbocycles. The van der Waals surface area contributed by atoms with E-state index in [1.165, 1.54) is 18.2 Å². The van der Waals surface area contributed by atoms with Gasteiger partial charge in [0, 0.05) is 11.3 Å². The molecule has 0 atom stereocenters. The first-order chi connectivity index (χ1) is 9.38. The number of anilines is 1. The predicted octanol–water partition coefficient (Wildman–Crippen LogP) is 1.68. The zero-order valence-corrected chi connectivity index (χ0v) is 10.5. The number of carbonyl (C=O) groups excluding carboxylic acids is 1. The number of phenolic OH excluding ortho intramolecular Hbond substituents is 2. The summed E-state index contributed by atoms with van der Waals surface area (Å²) in [7, 11) is 0. The van der Waals surface area contributed by atoms with Crippen molar-refractivity contribution >= 4 is 17.6 Å². The van der Waals surface area contributed by atoms with Crippen molar-refractivity contribution in [1.82, 2.24) is 4.98 Å². The smallest absolute Gasteiger partial charge is 0.354 e. The Bertz CT molecular complexity index is 690. The molecular formula is C13H12N2O5. The molecule has 0 saturated carbocycles. The van der Waals surface area contributed by atoms with E-state index in [9.17, 15) is 19.8 Å². The molecule has 20 heavy (non-hydrogen) atoms. The molecule has 0 unspecified atom stereocenters. The van der Waals surface area contributed by atoms with E-state index in [4.69, 9.17) is 5.11 Å². The number of aryl methyl sites for hydroxylation is 1. The zero-order valence-electron chi connectivity index (χ0n) is 10.5. The summed E-state index contributed by atoms with van der Waals surface area (Å²) in [6.07, 6.45) is 0. The Morgan fingerprint density at radius 2 is 1.85 bits per heavy atom. The first kappa shape index (κ1) is 13.5. The van der Waals surface area contributed by atoms with Gasteiger partial charge in [0.2, 0.25) is 0 Å². The van der Waals surface area contributed by atoms with Gasteiger partial charge >= 0.3 is 5.97 Å². The minimum absolute atomic E-state index is 0.0930. The van der Waals surface area contributed by atoms with Crippen LogP contribution in [0.2, 0.25) is 0 Å². The highest BCUT2D eigenvalue weighted by Gasteiger charge is 2.16. The van der Waals surface area contributed by atoms with Gasteiger partial charge in [-0.1, -0.05) is 0 Å². The number of benzene rings is 1. The minimum Gasteiger partial charge on any atom is -0.504 e. The van der Waals surface area contributed by atoms with Crippen LogP contribution in [0.15, 0.2) is 24.3 Å². The molecule has 0 aliphatic rings. The molecule has 0 aliphatic heterocycles. The summed E-state index contributed by atoms with van der Waals surface area (Å²) in [6.45, 7) is 1.66. The monoisotopic (exact) mass is 276 g/mol. The Morgan fingerprint density at radius 3 is 2.45 bits per heavy atom. The van der Waals surface area contributed by atoms with E-state index in [1.807, 2.05) is 0 Å². The summed E-state index contributed by atoms with van der Waals surface area (Å²) in [5.41, 5.74) is 0.688. The lowest BCUT2D eigenvalue weighted by Crippen LogP contribution is -2.13. The molecule has 1 aromatic heterocycles. The number of rotatable bonds is 3. The molecule has 2 aromatic rings. The van der Waals surface area contributed by atoms with Gasteiger partial charge in [0.1, 0.15) is 5.69 Å². The molecule has 0 spiro atoms. The number of phenols is 2. The third kappa shape index (κ3) is 2.56. The fourth-order valence-corrected chi connectivity index (χ4v) is 1.72. The zero-order chi connectivity index (χ0) is 14.9. The topological polar surface area (TPSA) is 123 Å². The number of aromatic hydroxyl groups is 2. The second-order valence-electron chi connectivity index (χ2n) is 4.20. The number of nitrogens with one attached hydrogen (secondary N) is 2. The van der Waals surface area contributed by atoms with Crippen LogP contribution < -0.4 is 5.32 Å². The minimum atomic E-state index is -1.19. The number of amides is 1. The third-order valence-corrected chi connectivity index (χ3v) is 2.65. The van der Waals surface area contributed by atoms with Crippen LogP contribution in [0.25, 0.3) is 0 Å². The normalized spacial score (nSPS) is 10.2. The summed E-state index contributed by atoms with van der Waals surface area (Å²) >= 11 is 0. The second-order valence-corrected chi connectivity index (χ2v) is 4.20. The number of hydrogen-bond acceptors (Lipinski definition) is 4. The van der Waals surface area contributed by atoms with Gasteiger partial charge in [0.15, 0.2) is 11.5 Å². The lowest BCUT2D eigenvalue weighted by atomic mass is 10.2. The van der Waals surface area contributed by atoms with Crippen LogP contribution in [0.3, 0.4) is 0 Å². The summed E-state index contributed by atoms with van der Waals surface area (Å²) < 4.78 is 0. The van der Waals surface area contributed by atoms with Gasteiger partial charge in [-0.2, -0.15) is 0 Å². The highest BCUT2D eigenvalue weighted by Crippen LogP contribution is 2.25. The molecule has 7 nitrogen and oxygen atoms in total. The van der Waals surface area contributed by atoms with E-state index in [0.29, 0.717) is 5.69 Å². The van der Waals surface area contributed by atoms with Crippen molar-refractivity contribution in [2.75, 3.05) is 5.32 Å². The highest BCUT2D eigenvalue weighted by molar-refractivity contribution is 6.07. The maximum atomic E-state index is 12.0. The van der Waals surface area contributed by atoms with E-state index < -0.39 is 17.6 Å². The average molecular weight is 276 g/mol. The highest BCUT2D eigenvalue weighted by atomic mass is 16.4. The summed E-state index contributed by atoms with van der Waals surface area (Å²) in [4.78, 5) is 25.6. The van der Waals surface area contributed by atoms with Gasteiger partial charge in [-0.15, -0.1) is 0 Å². The van der Waals surface area contributed by atoms with Gasteiger partial charge in [-0.05, 0) is 31.2 Å². The Hall–Kier alpha value is -2.96. The van der Waals surface area contributed by atoms with Gasteiger partial charge in [0.25, 0.3) is 5.91 Å². The number of carboxylic acids is 1. The van der Waals surface area contributed by atoms with Gasteiger partial charge in [-0.3, -0.25) is 4.79 Å². The lowest BCUT2D eigenvalue weighted by molar-refractivity contribution is 0.0692. The average Bonchev–Trinajstić information content (AvgIpc) is 2.73. The van der Waals surface area contributed by atoms with E-state index in [-0.39, 0.29) is 22.7 Å². The molecule has 7 heteroatoms. The molecule has 0 fully saturated rings.